The summed E-state index contributed by atoms with van der Waals surface area (Å²) >= 11 is 0. The lowest BCUT2D eigenvalue weighted by Gasteiger charge is -2.38. The van der Waals surface area contributed by atoms with E-state index in [0.717, 1.165) is 34.2 Å². The molecule has 218 valence electrons. The molecular formula is C33H47O5PSi. The first-order valence-electron chi connectivity index (χ1n) is 14.0. The fourth-order valence-electron chi connectivity index (χ4n) is 4.44. The molecule has 0 aliphatic carbocycles. The first-order chi connectivity index (χ1) is 18.6. The van der Waals surface area contributed by atoms with Crippen molar-refractivity contribution in [1.82, 2.24) is 0 Å². The lowest BCUT2D eigenvalue weighted by Crippen LogP contribution is -2.41. The van der Waals surface area contributed by atoms with Gasteiger partial charge in [-0.2, -0.15) is 0 Å². The Morgan fingerprint density at radius 2 is 1.27 bits per heavy atom. The minimum absolute atomic E-state index is 0.108. The summed E-state index contributed by atoms with van der Waals surface area (Å²) in [5.41, 5.74) is 4.55. The number of rotatable bonds is 13. The van der Waals surface area contributed by atoms with Crippen molar-refractivity contribution in [3.8, 4) is 5.75 Å². The lowest BCUT2D eigenvalue weighted by atomic mass is 9.78. The molecule has 3 aromatic carbocycles. The smallest absolute Gasteiger partial charge is 0.417 e. The minimum Gasteiger partial charge on any atom is -0.417 e. The third kappa shape index (κ3) is 8.89. The van der Waals surface area contributed by atoms with Gasteiger partial charge in [0.25, 0.3) is 0 Å². The van der Waals surface area contributed by atoms with Gasteiger partial charge in [0.05, 0.1) is 13.2 Å². The second-order valence-electron chi connectivity index (χ2n) is 12.8. The summed E-state index contributed by atoms with van der Waals surface area (Å²) in [5.74, 6) is 0.527. The monoisotopic (exact) mass is 582 g/mol. The van der Waals surface area contributed by atoms with Gasteiger partial charge in [-0.05, 0) is 72.1 Å². The van der Waals surface area contributed by atoms with Crippen molar-refractivity contribution in [1.29, 1.82) is 0 Å². The highest BCUT2D eigenvalue weighted by Crippen LogP contribution is 2.53. The normalized spacial score (nSPS) is 12.9. The molecule has 0 fully saturated rings. The zero-order valence-electron chi connectivity index (χ0n) is 25.7. The van der Waals surface area contributed by atoms with Crippen molar-refractivity contribution < 1.29 is 22.6 Å². The molecule has 5 nitrogen and oxygen atoms in total. The van der Waals surface area contributed by atoms with Crippen LogP contribution in [0.5, 0.6) is 5.75 Å². The molecule has 0 amide bonds. The molecule has 0 atom stereocenters. The fourth-order valence-corrected chi connectivity index (χ4v) is 6.66. The van der Waals surface area contributed by atoms with E-state index in [9.17, 15) is 4.57 Å². The van der Waals surface area contributed by atoms with Crippen LogP contribution in [0.25, 0.3) is 0 Å². The van der Waals surface area contributed by atoms with Crippen LogP contribution >= 0.6 is 7.82 Å². The van der Waals surface area contributed by atoms with E-state index < -0.39 is 16.1 Å². The number of aryl methyl sites for hydroxylation is 2. The minimum atomic E-state index is -4.01. The Bertz CT molecular complexity index is 1240. The summed E-state index contributed by atoms with van der Waals surface area (Å²) in [6.45, 7) is 20.6. The third-order valence-corrected chi connectivity index (χ3v) is 13.6. The molecule has 0 aliphatic rings. The van der Waals surface area contributed by atoms with Crippen molar-refractivity contribution in [3.05, 3.63) is 101 Å². The van der Waals surface area contributed by atoms with Gasteiger partial charge in [0.1, 0.15) is 5.75 Å². The van der Waals surface area contributed by atoms with Crippen LogP contribution in [0.3, 0.4) is 0 Å². The maximum atomic E-state index is 14.2. The standard InChI is InChI=1S/C33H47O5PSi/c1-26-22-27(2)31(33(6,7)20-21-37-40(8,9)32(3,4)5)30(23-26)38-39(34,35-24-28-16-12-10-13-17-28)36-25-29-18-14-11-15-19-29/h10-19,22-23H,20-21,24-25H2,1-9H3. The summed E-state index contributed by atoms with van der Waals surface area (Å²) in [5, 5.41) is 0.143. The highest BCUT2D eigenvalue weighted by Gasteiger charge is 2.38. The van der Waals surface area contributed by atoms with E-state index in [4.69, 9.17) is 18.0 Å². The number of hydrogen-bond donors (Lipinski definition) is 0. The topological polar surface area (TPSA) is 54.0 Å². The zero-order chi connectivity index (χ0) is 29.6. The van der Waals surface area contributed by atoms with Gasteiger partial charge in [0, 0.05) is 12.2 Å². The number of phosphoric ester groups is 1. The van der Waals surface area contributed by atoms with Crippen molar-refractivity contribution in [2.45, 2.75) is 91.6 Å². The SMILES string of the molecule is Cc1cc(C)c(C(C)(C)CCO[Si](C)(C)C(C)(C)C)c(OP(=O)(OCc2ccccc2)OCc2ccccc2)c1. The summed E-state index contributed by atoms with van der Waals surface area (Å²) in [6.07, 6.45) is 0.791. The van der Waals surface area contributed by atoms with Crippen molar-refractivity contribution in [2.75, 3.05) is 6.61 Å². The largest absolute Gasteiger partial charge is 0.530 e. The van der Waals surface area contributed by atoms with E-state index in [1.807, 2.05) is 73.7 Å². The molecule has 0 aliphatic heterocycles. The van der Waals surface area contributed by atoms with Crippen LogP contribution in [0.2, 0.25) is 18.1 Å². The van der Waals surface area contributed by atoms with Gasteiger partial charge in [0.2, 0.25) is 0 Å². The molecule has 7 heteroatoms. The van der Waals surface area contributed by atoms with Gasteiger partial charge in [-0.1, -0.05) is 101 Å². The van der Waals surface area contributed by atoms with Gasteiger partial charge < -0.3 is 8.95 Å². The molecule has 40 heavy (non-hydrogen) atoms. The molecule has 0 heterocycles. The van der Waals surface area contributed by atoms with Crippen molar-refractivity contribution >= 4 is 16.1 Å². The van der Waals surface area contributed by atoms with Crippen LogP contribution in [0, 0.1) is 13.8 Å². The van der Waals surface area contributed by atoms with Gasteiger partial charge in [-0.15, -0.1) is 0 Å². The Balaban J connectivity index is 1.90. The Kier molecular flexibility index (Phi) is 10.6. The number of phosphoric acid groups is 1. The predicted octanol–water partition coefficient (Wildman–Crippen LogP) is 9.91. The van der Waals surface area contributed by atoms with E-state index in [2.05, 4.69) is 60.7 Å². The molecule has 0 saturated heterocycles. The molecule has 3 rings (SSSR count). The number of benzene rings is 3. The molecule has 0 spiro atoms. The van der Waals surface area contributed by atoms with Crippen LogP contribution in [0.1, 0.15) is 68.9 Å². The van der Waals surface area contributed by atoms with Crippen molar-refractivity contribution in [3.63, 3.8) is 0 Å². The highest BCUT2D eigenvalue weighted by atomic mass is 31.2. The Morgan fingerprint density at radius 3 is 1.75 bits per heavy atom. The highest BCUT2D eigenvalue weighted by molar-refractivity contribution is 7.48. The van der Waals surface area contributed by atoms with E-state index in [-0.39, 0.29) is 23.7 Å². The average molecular weight is 583 g/mol. The molecule has 0 radical (unpaired) electrons. The Labute approximate surface area is 243 Å². The van der Waals surface area contributed by atoms with Crippen LogP contribution < -0.4 is 4.52 Å². The Morgan fingerprint density at radius 1 is 0.775 bits per heavy atom. The fraction of sp³-hybridized carbons (Fsp3) is 0.455. The molecule has 0 aromatic heterocycles. The maximum Gasteiger partial charge on any atom is 0.530 e. The van der Waals surface area contributed by atoms with E-state index in [1.165, 1.54) is 0 Å². The summed E-state index contributed by atoms with van der Waals surface area (Å²) in [4.78, 5) is 0. The first-order valence-corrected chi connectivity index (χ1v) is 18.4. The molecule has 0 unspecified atom stereocenters. The molecular weight excluding hydrogens is 535 g/mol. The third-order valence-electron chi connectivity index (χ3n) is 7.79. The van der Waals surface area contributed by atoms with Gasteiger partial charge in [-0.25, -0.2) is 4.57 Å². The summed E-state index contributed by atoms with van der Waals surface area (Å²) < 4.78 is 38.9. The summed E-state index contributed by atoms with van der Waals surface area (Å²) in [6, 6.07) is 23.3. The lowest BCUT2D eigenvalue weighted by molar-refractivity contribution is 0.142. The second kappa shape index (κ2) is 13.2. The van der Waals surface area contributed by atoms with Gasteiger partial charge in [0.15, 0.2) is 8.32 Å². The maximum absolute atomic E-state index is 14.2. The van der Waals surface area contributed by atoms with Crippen molar-refractivity contribution in [2.24, 2.45) is 0 Å². The molecule has 0 saturated carbocycles. The number of hydrogen-bond acceptors (Lipinski definition) is 5. The molecule has 0 bridgehead atoms. The average Bonchev–Trinajstić information content (AvgIpc) is 2.86. The van der Waals surface area contributed by atoms with Gasteiger partial charge in [-0.3, -0.25) is 9.05 Å². The van der Waals surface area contributed by atoms with E-state index >= 15 is 0 Å². The molecule has 0 N–H and O–H groups in total. The zero-order valence-corrected chi connectivity index (χ0v) is 27.6. The quantitative estimate of drug-likeness (QED) is 0.148. The van der Waals surface area contributed by atoms with E-state index in [0.29, 0.717) is 12.4 Å². The summed E-state index contributed by atoms with van der Waals surface area (Å²) in [7, 11) is -5.89. The predicted molar refractivity (Wildman–Crippen MR) is 167 cm³/mol. The Hall–Kier alpha value is -2.21. The second-order valence-corrected chi connectivity index (χ2v) is 19.2. The van der Waals surface area contributed by atoms with E-state index in [1.54, 1.807) is 0 Å². The van der Waals surface area contributed by atoms with Crippen LogP contribution in [0.15, 0.2) is 72.8 Å². The first kappa shape index (κ1) is 32.3. The van der Waals surface area contributed by atoms with Crippen LogP contribution in [-0.2, 0) is 36.7 Å². The van der Waals surface area contributed by atoms with Crippen LogP contribution in [0.4, 0.5) is 0 Å². The van der Waals surface area contributed by atoms with Gasteiger partial charge >= 0.3 is 7.82 Å². The molecule has 3 aromatic rings. The van der Waals surface area contributed by atoms with Crippen LogP contribution in [-0.4, -0.2) is 14.9 Å².